The number of nitrogens with two attached hydrogens (primary N) is 1. The molecule has 1 aromatic carbocycles. The van der Waals surface area contributed by atoms with Crippen molar-refractivity contribution in [3.63, 3.8) is 0 Å². The number of aromatic nitrogens is 4. The molecule has 1 aliphatic carbocycles. The summed E-state index contributed by atoms with van der Waals surface area (Å²) in [6.45, 7) is -0.228. The SMILES string of the molecule is NC(=O)c1nn(CC(=O)N2[C@@H]3CC[C@@H](C3)[C@H]2C(=O)Nc2cccc(Cl)n2)c2cc(NC(=O)c3ccncc3)ccc12. The van der Waals surface area contributed by atoms with Crippen molar-refractivity contribution in [2.45, 2.75) is 37.9 Å². The van der Waals surface area contributed by atoms with Crippen LogP contribution in [0.25, 0.3) is 10.9 Å². The number of nitrogens with one attached hydrogen (secondary N) is 2. The number of pyridine rings is 2. The van der Waals surface area contributed by atoms with E-state index in [1.807, 2.05) is 0 Å². The van der Waals surface area contributed by atoms with Crippen LogP contribution in [0.2, 0.25) is 5.15 Å². The molecule has 4 N–H and O–H groups in total. The fourth-order valence-corrected chi connectivity index (χ4v) is 6.00. The lowest BCUT2D eigenvalue weighted by Gasteiger charge is -2.34. The van der Waals surface area contributed by atoms with Crippen molar-refractivity contribution in [2.24, 2.45) is 11.7 Å². The molecule has 4 amide bonds. The van der Waals surface area contributed by atoms with Gasteiger partial charge in [-0.15, -0.1) is 0 Å². The van der Waals surface area contributed by atoms with Crippen molar-refractivity contribution in [1.29, 1.82) is 0 Å². The van der Waals surface area contributed by atoms with Crippen molar-refractivity contribution in [3.8, 4) is 0 Å². The molecule has 3 aromatic heterocycles. The lowest BCUT2D eigenvalue weighted by atomic mass is 9.97. The predicted molar refractivity (Wildman–Crippen MR) is 150 cm³/mol. The summed E-state index contributed by atoms with van der Waals surface area (Å²) in [7, 11) is 0. The van der Waals surface area contributed by atoms with Crippen molar-refractivity contribution < 1.29 is 19.2 Å². The van der Waals surface area contributed by atoms with Crippen LogP contribution in [0.1, 0.15) is 40.1 Å². The zero-order chi connectivity index (χ0) is 28.7. The second-order valence-corrected chi connectivity index (χ2v) is 10.5. The van der Waals surface area contributed by atoms with Gasteiger partial charge in [0.05, 0.1) is 5.52 Å². The van der Waals surface area contributed by atoms with Crippen LogP contribution >= 0.6 is 11.6 Å². The zero-order valence-corrected chi connectivity index (χ0v) is 22.4. The molecule has 4 aromatic rings. The number of nitrogens with zero attached hydrogens (tertiary/aromatic N) is 5. The standard InChI is InChI=1S/C28H25ClN8O4/c29-21-2-1-3-22(33-21)34-28(41)25-16-4-6-18(12-16)37(25)23(38)14-36-20-13-17(5-7-19(20)24(35-36)26(30)39)32-27(40)15-8-10-31-11-9-15/h1-3,5,7-11,13,16,18,25H,4,6,12,14H2,(H2,30,39)(H,32,40)(H,33,34,41)/t16-,18+,25-/m0/s1. The quantitative estimate of drug-likeness (QED) is 0.286. The molecule has 0 spiro atoms. The van der Waals surface area contributed by atoms with Gasteiger partial charge in [0.15, 0.2) is 5.69 Å². The number of fused-ring (bicyclic) bond motifs is 3. The number of likely N-dealkylation sites (tertiary alicyclic amines) is 1. The Bertz CT molecular complexity index is 1690. The molecule has 41 heavy (non-hydrogen) atoms. The number of piperidine rings is 1. The Hall–Kier alpha value is -4.84. The number of carbonyl (C=O) groups excluding carboxylic acids is 4. The number of carbonyl (C=O) groups is 4. The molecule has 13 heteroatoms. The minimum Gasteiger partial charge on any atom is -0.364 e. The summed E-state index contributed by atoms with van der Waals surface area (Å²) in [6, 6.07) is 12.2. The molecule has 3 atom stereocenters. The Morgan fingerprint density at radius 2 is 1.83 bits per heavy atom. The number of amides is 4. The summed E-state index contributed by atoms with van der Waals surface area (Å²) < 4.78 is 1.39. The number of benzene rings is 1. The molecule has 12 nitrogen and oxygen atoms in total. The Kier molecular flexibility index (Phi) is 6.83. The van der Waals surface area contributed by atoms with E-state index in [0.717, 1.165) is 19.3 Å². The van der Waals surface area contributed by atoms with Crippen molar-refractivity contribution in [3.05, 3.63) is 77.3 Å². The maximum Gasteiger partial charge on any atom is 0.269 e. The van der Waals surface area contributed by atoms with Gasteiger partial charge in [-0.3, -0.25) is 28.8 Å². The molecule has 0 radical (unpaired) electrons. The van der Waals surface area contributed by atoms with Crippen LogP contribution in [-0.2, 0) is 16.1 Å². The van der Waals surface area contributed by atoms with E-state index in [1.165, 1.54) is 17.1 Å². The molecule has 2 fully saturated rings. The van der Waals surface area contributed by atoms with Gasteiger partial charge in [0.1, 0.15) is 23.6 Å². The lowest BCUT2D eigenvalue weighted by molar-refractivity contribution is -0.141. The topological polar surface area (TPSA) is 165 Å². The van der Waals surface area contributed by atoms with Gasteiger partial charge in [0.25, 0.3) is 11.8 Å². The summed E-state index contributed by atoms with van der Waals surface area (Å²) in [4.78, 5) is 61.6. The number of halogens is 1. The van der Waals surface area contributed by atoms with Crippen LogP contribution in [0, 0.1) is 5.92 Å². The Labute approximate surface area is 238 Å². The molecule has 2 aliphatic rings. The van der Waals surface area contributed by atoms with Crippen molar-refractivity contribution >= 4 is 57.6 Å². The molecule has 4 heterocycles. The number of primary amides is 1. The highest BCUT2D eigenvalue weighted by Gasteiger charge is 2.51. The number of hydrogen-bond acceptors (Lipinski definition) is 7. The van der Waals surface area contributed by atoms with Crippen LogP contribution in [-0.4, -0.2) is 60.4 Å². The third-order valence-corrected chi connectivity index (χ3v) is 7.79. The Balaban J connectivity index is 1.27. The third kappa shape index (κ3) is 5.09. The van der Waals surface area contributed by atoms with Crippen molar-refractivity contribution in [1.82, 2.24) is 24.6 Å². The maximum absolute atomic E-state index is 13.8. The van der Waals surface area contributed by atoms with E-state index in [9.17, 15) is 19.2 Å². The van der Waals surface area contributed by atoms with Gasteiger partial charge >= 0.3 is 0 Å². The summed E-state index contributed by atoms with van der Waals surface area (Å²) >= 11 is 5.97. The van der Waals surface area contributed by atoms with Crippen LogP contribution in [0.4, 0.5) is 11.5 Å². The van der Waals surface area contributed by atoms with Gasteiger partial charge in [0, 0.05) is 35.1 Å². The second kappa shape index (κ2) is 10.6. The van der Waals surface area contributed by atoms with E-state index in [4.69, 9.17) is 17.3 Å². The minimum atomic E-state index is -0.749. The van der Waals surface area contributed by atoms with E-state index in [1.54, 1.807) is 53.4 Å². The number of hydrogen-bond donors (Lipinski definition) is 3. The van der Waals surface area contributed by atoms with Gasteiger partial charge in [-0.2, -0.15) is 5.10 Å². The molecule has 0 unspecified atom stereocenters. The number of anilines is 2. The first-order valence-electron chi connectivity index (χ1n) is 13.0. The normalized spacial score (nSPS) is 19.3. The smallest absolute Gasteiger partial charge is 0.269 e. The maximum atomic E-state index is 13.8. The molecule has 1 aliphatic heterocycles. The fourth-order valence-electron chi connectivity index (χ4n) is 5.83. The van der Waals surface area contributed by atoms with Crippen LogP contribution in [0.5, 0.6) is 0 Å². The summed E-state index contributed by atoms with van der Waals surface area (Å²) in [5, 5.41) is 10.6. The van der Waals surface area contributed by atoms with E-state index in [0.29, 0.717) is 28.0 Å². The van der Waals surface area contributed by atoms with Gasteiger partial charge < -0.3 is 21.3 Å². The van der Waals surface area contributed by atoms with Crippen molar-refractivity contribution in [2.75, 3.05) is 10.6 Å². The Morgan fingerprint density at radius 3 is 2.59 bits per heavy atom. The highest BCUT2D eigenvalue weighted by atomic mass is 35.5. The third-order valence-electron chi connectivity index (χ3n) is 7.58. The first-order chi connectivity index (χ1) is 19.8. The molecule has 1 saturated heterocycles. The first-order valence-corrected chi connectivity index (χ1v) is 13.4. The highest BCUT2D eigenvalue weighted by molar-refractivity contribution is 6.29. The van der Waals surface area contributed by atoms with Crippen LogP contribution in [0.3, 0.4) is 0 Å². The van der Waals surface area contributed by atoms with Crippen LogP contribution < -0.4 is 16.4 Å². The van der Waals surface area contributed by atoms with E-state index < -0.39 is 11.9 Å². The van der Waals surface area contributed by atoms with Crippen LogP contribution in [0.15, 0.2) is 60.9 Å². The largest absolute Gasteiger partial charge is 0.364 e. The van der Waals surface area contributed by atoms with Gasteiger partial charge in [-0.05, 0) is 67.6 Å². The lowest BCUT2D eigenvalue weighted by Crippen LogP contribution is -2.52. The predicted octanol–water partition coefficient (Wildman–Crippen LogP) is 2.85. The molecule has 208 valence electrons. The minimum absolute atomic E-state index is 0.00377. The van der Waals surface area contributed by atoms with Gasteiger partial charge in [0.2, 0.25) is 11.8 Å². The monoisotopic (exact) mass is 572 g/mol. The summed E-state index contributed by atoms with van der Waals surface area (Å²) in [6.07, 6.45) is 5.40. The average Bonchev–Trinajstić information content (AvgIpc) is 3.67. The van der Waals surface area contributed by atoms with Gasteiger partial charge in [-0.25, -0.2) is 4.98 Å². The molecule has 1 saturated carbocycles. The second-order valence-electron chi connectivity index (χ2n) is 10.1. The molecule has 2 bridgehead atoms. The first kappa shape index (κ1) is 26.4. The summed E-state index contributed by atoms with van der Waals surface area (Å²) in [5.74, 6) is -1.41. The summed E-state index contributed by atoms with van der Waals surface area (Å²) in [5.41, 5.74) is 6.88. The fraction of sp³-hybridized carbons (Fsp3) is 0.250. The number of rotatable bonds is 7. The highest BCUT2D eigenvalue weighted by Crippen LogP contribution is 2.43. The zero-order valence-electron chi connectivity index (χ0n) is 21.7. The Morgan fingerprint density at radius 1 is 1.02 bits per heavy atom. The average molecular weight is 573 g/mol. The van der Waals surface area contributed by atoms with E-state index in [2.05, 4.69) is 25.7 Å². The van der Waals surface area contributed by atoms with E-state index >= 15 is 0 Å². The van der Waals surface area contributed by atoms with Gasteiger partial charge in [-0.1, -0.05) is 17.7 Å². The molecular weight excluding hydrogens is 548 g/mol. The molecule has 6 rings (SSSR count). The van der Waals surface area contributed by atoms with E-state index in [-0.39, 0.29) is 47.1 Å². The molecular formula is C28H25ClN8O4.